The Hall–Kier alpha value is -1.30. The monoisotopic (exact) mass is 386 g/mol. The van der Waals surface area contributed by atoms with E-state index in [1.165, 1.54) is 0 Å². The molecule has 1 amide bonds. The number of hydrogen-bond donors (Lipinski definition) is 0. The molecule has 2 rings (SSSR count). The van der Waals surface area contributed by atoms with Gasteiger partial charge in [0.1, 0.15) is 0 Å². The number of carbonyl (C=O) groups excluding carboxylic acids is 2. The van der Waals surface area contributed by atoms with E-state index in [1.807, 2.05) is 21.9 Å². The molecule has 1 aromatic carbocycles. The molecule has 0 bridgehead atoms. The Labute approximate surface area is 158 Å². The fraction of sp³-hybridized carbons (Fsp3) is 0.556. The third-order valence-corrected chi connectivity index (χ3v) is 5.10. The second-order valence-electron chi connectivity index (χ2n) is 6.03. The summed E-state index contributed by atoms with van der Waals surface area (Å²) in [7, 11) is 0. The molecule has 1 aliphatic heterocycles. The summed E-state index contributed by atoms with van der Waals surface area (Å²) in [4.78, 5) is 28.0. The summed E-state index contributed by atoms with van der Waals surface area (Å²) >= 11 is 12.2. The van der Waals surface area contributed by atoms with Crippen LogP contribution in [0.5, 0.6) is 0 Å². The fourth-order valence-corrected chi connectivity index (χ4v) is 3.32. The molecule has 1 fully saturated rings. The Balaban J connectivity index is 1.82. The maximum atomic E-state index is 12.5. The molecule has 1 saturated heterocycles. The molecule has 138 valence electrons. The number of esters is 1. The standard InChI is InChI=1S/C18H24Cl2N2O3/c1-2-25-17(24)13-21-9-4-10-22(12-11-21)16(23)8-7-14-5-3-6-15(19)18(14)20/h3,5-6H,2,4,7-13H2,1H3. The highest BCUT2D eigenvalue weighted by molar-refractivity contribution is 6.42. The number of hydrogen-bond acceptors (Lipinski definition) is 4. The van der Waals surface area contributed by atoms with Gasteiger partial charge in [-0.1, -0.05) is 35.3 Å². The van der Waals surface area contributed by atoms with Crippen molar-refractivity contribution >= 4 is 35.1 Å². The summed E-state index contributed by atoms with van der Waals surface area (Å²) in [5, 5.41) is 1.03. The highest BCUT2D eigenvalue weighted by Gasteiger charge is 2.21. The van der Waals surface area contributed by atoms with Crippen molar-refractivity contribution in [2.24, 2.45) is 0 Å². The van der Waals surface area contributed by atoms with Crippen molar-refractivity contribution in [2.45, 2.75) is 26.2 Å². The highest BCUT2D eigenvalue weighted by atomic mass is 35.5. The minimum Gasteiger partial charge on any atom is -0.465 e. The Morgan fingerprint density at radius 1 is 1.16 bits per heavy atom. The molecule has 0 unspecified atom stereocenters. The number of rotatable bonds is 6. The van der Waals surface area contributed by atoms with Gasteiger partial charge >= 0.3 is 5.97 Å². The van der Waals surface area contributed by atoms with Gasteiger partial charge in [0.05, 0.1) is 23.2 Å². The van der Waals surface area contributed by atoms with Gasteiger partial charge in [0.2, 0.25) is 5.91 Å². The number of amides is 1. The van der Waals surface area contributed by atoms with Crippen molar-refractivity contribution in [3.8, 4) is 0 Å². The molecular weight excluding hydrogens is 363 g/mol. The zero-order valence-corrected chi connectivity index (χ0v) is 16.0. The fourth-order valence-electron chi connectivity index (χ4n) is 2.91. The van der Waals surface area contributed by atoms with Gasteiger partial charge in [0.25, 0.3) is 0 Å². The quantitative estimate of drug-likeness (QED) is 0.705. The topological polar surface area (TPSA) is 49.9 Å². The molecule has 25 heavy (non-hydrogen) atoms. The van der Waals surface area contributed by atoms with Gasteiger partial charge in [-0.2, -0.15) is 0 Å². The first kappa shape index (κ1) is 20.0. The molecule has 0 radical (unpaired) electrons. The van der Waals surface area contributed by atoms with Crippen LogP contribution in [0.4, 0.5) is 0 Å². The summed E-state index contributed by atoms with van der Waals surface area (Å²) in [6.07, 6.45) is 1.82. The number of aryl methyl sites for hydroxylation is 1. The van der Waals surface area contributed by atoms with Gasteiger partial charge in [0.15, 0.2) is 0 Å². The van der Waals surface area contributed by atoms with Gasteiger partial charge in [-0.3, -0.25) is 14.5 Å². The number of halogens is 2. The normalized spacial score (nSPS) is 15.7. The van der Waals surface area contributed by atoms with Gasteiger partial charge in [-0.25, -0.2) is 0 Å². The molecule has 7 heteroatoms. The largest absolute Gasteiger partial charge is 0.465 e. The second-order valence-corrected chi connectivity index (χ2v) is 6.81. The summed E-state index contributed by atoms with van der Waals surface area (Å²) in [6.45, 7) is 5.29. The molecule has 1 aromatic rings. The van der Waals surface area contributed by atoms with Crippen molar-refractivity contribution < 1.29 is 14.3 Å². The van der Waals surface area contributed by atoms with E-state index < -0.39 is 0 Å². The van der Waals surface area contributed by atoms with Crippen molar-refractivity contribution in [2.75, 3.05) is 39.3 Å². The third kappa shape index (κ3) is 6.17. The minimum absolute atomic E-state index is 0.106. The van der Waals surface area contributed by atoms with E-state index in [2.05, 4.69) is 0 Å². The lowest BCUT2D eigenvalue weighted by molar-refractivity contribution is -0.144. The molecule has 0 aromatic heterocycles. The Bertz CT molecular complexity index is 610. The predicted octanol–water partition coefficient (Wildman–Crippen LogP) is 3.02. The predicted molar refractivity (Wildman–Crippen MR) is 99.1 cm³/mol. The van der Waals surface area contributed by atoms with E-state index in [9.17, 15) is 9.59 Å². The summed E-state index contributed by atoms with van der Waals surface area (Å²) < 4.78 is 4.98. The molecule has 5 nitrogen and oxygen atoms in total. The molecule has 0 saturated carbocycles. The van der Waals surface area contributed by atoms with Crippen LogP contribution in [0, 0.1) is 0 Å². The van der Waals surface area contributed by atoms with Crippen molar-refractivity contribution in [3.63, 3.8) is 0 Å². The van der Waals surface area contributed by atoms with Crippen LogP contribution in [-0.4, -0.2) is 61.0 Å². The second kappa shape index (κ2) is 10.00. The maximum absolute atomic E-state index is 12.5. The molecule has 0 aliphatic carbocycles. The van der Waals surface area contributed by atoms with E-state index in [-0.39, 0.29) is 18.4 Å². The van der Waals surface area contributed by atoms with Crippen LogP contribution in [-0.2, 0) is 20.7 Å². The lowest BCUT2D eigenvalue weighted by atomic mass is 10.1. The van der Waals surface area contributed by atoms with E-state index in [0.29, 0.717) is 49.1 Å². The number of nitrogens with zero attached hydrogens (tertiary/aromatic N) is 2. The smallest absolute Gasteiger partial charge is 0.320 e. The van der Waals surface area contributed by atoms with E-state index in [1.54, 1.807) is 13.0 Å². The van der Waals surface area contributed by atoms with Gasteiger partial charge in [-0.15, -0.1) is 0 Å². The zero-order valence-electron chi connectivity index (χ0n) is 14.5. The molecule has 0 N–H and O–H groups in total. The number of benzene rings is 1. The summed E-state index contributed by atoms with van der Waals surface area (Å²) in [6, 6.07) is 5.47. The van der Waals surface area contributed by atoms with Crippen molar-refractivity contribution in [3.05, 3.63) is 33.8 Å². The van der Waals surface area contributed by atoms with Crippen molar-refractivity contribution in [1.29, 1.82) is 0 Å². The first-order valence-electron chi connectivity index (χ1n) is 8.60. The van der Waals surface area contributed by atoms with E-state index in [4.69, 9.17) is 27.9 Å². The molecular formula is C18H24Cl2N2O3. The Kier molecular flexibility index (Phi) is 8.00. The molecule has 0 atom stereocenters. The summed E-state index contributed by atoms with van der Waals surface area (Å²) in [5.41, 5.74) is 0.890. The van der Waals surface area contributed by atoms with Crippen LogP contribution in [0.3, 0.4) is 0 Å². The highest BCUT2D eigenvalue weighted by Crippen LogP contribution is 2.26. The molecule has 1 heterocycles. The maximum Gasteiger partial charge on any atom is 0.320 e. The van der Waals surface area contributed by atoms with Crippen LogP contribution >= 0.6 is 23.2 Å². The van der Waals surface area contributed by atoms with Gasteiger partial charge in [0, 0.05) is 32.6 Å². The molecule has 1 aliphatic rings. The number of ether oxygens (including phenoxy) is 1. The van der Waals surface area contributed by atoms with Crippen LogP contribution in [0.15, 0.2) is 18.2 Å². The zero-order chi connectivity index (χ0) is 18.2. The first-order chi connectivity index (χ1) is 12.0. The van der Waals surface area contributed by atoms with Crippen LogP contribution in [0.2, 0.25) is 10.0 Å². The van der Waals surface area contributed by atoms with Gasteiger partial charge < -0.3 is 9.64 Å². The number of carbonyl (C=O) groups is 2. The Morgan fingerprint density at radius 2 is 1.96 bits per heavy atom. The minimum atomic E-state index is -0.210. The average molecular weight is 387 g/mol. The van der Waals surface area contributed by atoms with Crippen molar-refractivity contribution in [1.82, 2.24) is 9.80 Å². The SMILES string of the molecule is CCOC(=O)CN1CCCN(C(=O)CCc2cccc(Cl)c2Cl)CC1. The van der Waals surface area contributed by atoms with Gasteiger partial charge in [-0.05, 0) is 31.4 Å². The summed E-state index contributed by atoms with van der Waals surface area (Å²) in [5.74, 6) is -0.105. The van der Waals surface area contributed by atoms with Crippen LogP contribution in [0.1, 0.15) is 25.3 Å². The molecule has 0 spiro atoms. The van der Waals surface area contributed by atoms with E-state index >= 15 is 0 Å². The average Bonchev–Trinajstić information content (AvgIpc) is 2.82. The Morgan fingerprint density at radius 3 is 2.72 bits per heavy atom. The lowest BCUT2D eigenvalue weighted by Gasteiger charge is -2.21. The van der Waals surface area contributed by atoms with Crippen LogP contribution < -0.4 is 0 Å². The lowest BCUT2D eigenvalue weighted by Crippen LogP contribution is -2.37. The third-order valence-electron chi connectivity index (χ3n) is 4.24. The van der Waals surface area contributed by atoms with E-state index in [0.717, 1.165) is 18.5 Å². The van der Waals surface area contributed by atoms with Crippen LogP contribution in [0.25, 0.3) is 0 Å². The first-order valence-corrected chi connectivity index (χ1v) is 9.35.